The first-order valence-corrected chi connectivity index (χ1v) is 12.4. The minimum atomic E-state index is -0.378. The second-order valence-electron chi connectivity index (χ2n) is 10.7. The summed E-state index contributed by atoms with van der Waals surface area (Å²) in [4.78, 5) is 25.7. The molecule has 1 aliphatic carbocycles. The highest BCUT2D eigenvalue weighted by atomic mass is 16.5. The summed E-state index contributed by atoms with van der Waals surface area (Å²) in [5.74, 6) is -0.127. The standard InChI is InChI=1S/C31H32N2O3/c1-31(2,3)23-15-13-19(14-16-23)22-17-26-28(27(34)18-22)29(33-25-8-6-5-7-24(25)32-26)20-9-11-21(12-10-20)30(35)36-4/h5-16,22,29,32-33H,17-18H2,1-4H3/t22-,29+/m0/s1. The quantitative estimate of drug-likeness (QED) is 0.406. The van der Waals surface area contributed by atoms with Gasteiger partial charge in [0.25, 0.3) is 0 Å². The summed E-state index contributed by atoms with van der Waals surface area (Å²) in [6.45, 7) is 6.63. The van der Waals surface area contributed by atoms with E-state index in [0.717, 1.165) is 34.6 Å². The van der Waals surface area contributed by atoms with Crippen molar-refractivity contribution in [1.82, 2.24) is 0 Å². The second-order valence-corrected chi connectivity index (χ2v) is 10.7. The lowest BCUT2D eigenvalue weighted by molar-refractivity contribution is -0.116. The predicted molar refractivity (Wildman–Crippen MR) is 143 cm³/mol. The molecule has 0 spiro atoms. The largest absolute Gasteiger partial charge is 0.465 e. The van der Waals surface area contributed by atoms with Crippen LogP contribution in [0, 0.1) is 0 Å². The molecule has 0 aromatic heterocycles. The lowest BCUT2D eigenvalue weighted by Crippen LogP contribution is -2.27. The number of para-hydroxylation sites is 2. The van der Waals surface area contributed by atoms with E-state index in [4.69, 9.17) is 4.74 Å². The number of carbonyl (C=O) groups excluding carboxylic acids is 2. The first kappa shape index (κ1) is 23.9. The molecule has 0 saturated heterocycles. The number of anilines is 2. The molecule has 5 nitrogen and oxygen atoms in total. The Balaban J connectivity index is 1.53. The Bertz CT molecular complexity index is 1330. The van der Waals surface area contributed by atoms with Crippen molar-refractivity contribution in [3.05, 3.63) is 106 Å². The predicted octanol–water partition coefficient (Wildman–Crippen LogP) is 6.75. The van der Waals surface area contributed by atoms with E-state index in [1.165, 1.54) is 18.2 Å². The van der Waals surface area contributed by atoms with Crippen LogP contribution >= 0.6 is 0 Å². The number of esters is 1. The average Bonchev–Trinajstić information content (AvgIpc) is 3.05. The van der Waals surface area contributed by atoms with Crippen molar-refractivity contribution in [2.45, 2.75) is 51.0 Å². The molecule has 36 heavy (non-hydrogen) atoms. The monoisotopic (exact) mass is 480 g/mol. The van der Waals surface area contributed by atoms with Gasteiger partial charge < -0.3 is 15.4 Å². The Hall–Kier alpha value is -3.86. The summed E-state index contributed by atoms with van der Waals surface area (Å²) in [5, 5.41) is 7.18. The highest BCUT2D eigenvalue weighted by Gasteiger charge is 2.36. The van der Waals surface area contributed by atoms with Gasteiger partial charge in [0.1, 0.15) is 0 Å². The second kappa shape index (κ2) is 9.30. The maximum Gasteiger partial charge on any atom is 0.337 e. The minimum Gasteiger partial charge on any atom is -0.465 e. The van der Waals surface area contributed by atoms with E-state index in [1.807, 2.05) is 36.4 Å². The lowest BCUT2D eigenvalue weighted by atomic mass is 9.77. The van der Waals surface area contributed by atoms with E-state index in [1.54, 1.807) is 12.1 Å². The van der Waals surface area contributed by atoms with Gasteiger partial charge in [0.2, 0.25) is 0 Å². The number of benzene rings is 3. The van der Waals surface area contributed by atoms with Crippen LogP contribution in [0.2, 0.25) is 0 Å². The molecule has 0 unspecified atom stereocenters. The van der Waals surface area contributed by atoms with Gasteiger partial charge in [0.05, 0.1) is 30.1 Å². The molecule has 2 aliphatic rings. The van der Waals surface area contributed by atoms with Gasteiger partial charge in [-0.2, -0.15) is 0 Å². The molecule has 0 fully saturated rings. The Morgan fingerprint density at radius 1 is 0.861 bits per heavy atom. The zero-order valence-corrected chi connectivity index (χ0v) is 21.2. The normalized spacial score (nSPS) is 19.4. The van der Waals surface area contributed by atoms with Crippen LogP contribution in [0.4, 0.5) is 11.4 Å². The topological polar surface area (TPSA) is 67.4 Å². The Labute approximate surface area is 212 Å². The van der Waals surface area contributed by atoms with Crippen molar-refractivity contribution in [1.29, 1.82) is 0 Å². The van der Waals surface area contributed by atoms with Gasteiger partial charge in [-0.3, -0.25) is 4.79 Å². The molecule has 184 valence electrons. The number of ketones is 1. The molecule has 2 atom stereocenters. The zero-order valence-electron chi connectivity index (χ0n) is 21.2. The molecule has 5 heteroatoms. The van der Waals surface area contributed by atoms with E-state index >= 15 is 0 Å². The molecule has 2 N–H and O–H groups in total. The molecule has 3 aromatic carbocycles. The number of fused-ring (bicyclic) bond motifs is 1. The number of rotatable bonds is 3. The number of nitrogens with one attached hydrogen (secondary N) is 2. The van der Waals surface area contributed by atoms with Crippen molar-refractivity contribution in [2.24, 2.45) is 0 Å². The van der Waals surface area contributed by atoms with Gasteiger partial charge in [0.15, 0.2) is 5.78 Å². The number of hydrogen-bond acceptors (Lipinski definition) is 5. The molecule has 0 saturated carbocycles. The number of hydrogen-bond donors (Lipinski definition) is 2. The summed E-state index contributed by atoms with van der Waals surface area (Å²) < 4.78 is 4.84. The molecule has 0 radical (unpaired) electrons. The third kappa shape index (κ3) is 4.53. The maximum absolute atomic E-state index is 13.7. The molecular formula is C31H32N2O3. The van der Waals surface area contributed by atoms with Crippen molar-refractivity contribution in [3.8, 4) is 0 Å². The molecular weight excluding hydrogens is 448 g/mol. The van der Waals surface area contributed by atoms with Crippen molar-refractivity contribution in [3.63, 3.8) is 0 Å². The molecule has 5 rings (SSSR count). The van der Waals surface area contributed by atoms with E-state index in [2.05, 4.69) is 55.7 Å². The average molecular weight is 481 g/mol. The van der Waals surface area contributed by atoms with Gasteiger partial charge in [-0.1, -0.05) is 69.3 Å². The van der Waals surface area contributed by atoms with Crippen molar-refractivity contribution >= 4 is 23.1 Å². The fourth-order valence-electron chi connectivity index (χ4n) is 5.16. The molecule has 0 amide bonds. The van der Waals surface area contributed by atoms with Gasteiger partial charge >= 0.3 is 5.97 Å². The van der Waals surface area contributed by atoms with Gasteiger partial charge in [-0.25, -0.2) is 4.79 Å². The SMILES string of the molecule is COC(=O)c1ccc([C@H]2Nc3ccccc3NC3=C2C(=O)C[C@@H](c2ccc(C(C)(C)C)cc2)C3)cc1. The minimum absolute atomic E-state index is 0.0888. The number of carbonyl (C=O) groups is 2. The van der Waals surface area contributed by atoms with Crippen LogP contribution in [0.25, 0.3) is 0 Å². The lowest BCUT2D eigenvalue weighted by Gasteiger charge is -2.30. The number of allylic oxidation sites excluding steroid dienone is 1. The highest BCUT2D eigenvalue weighted by Crippen LogP contribution is 2.44. The summed E-state index contributed by atoms with van der Waals surface area (Å²) in [6, 6.07) is 23.7. The number of Topliss-reactive ketones (excluding diaryl/α,β-unsaturated/α-hetero) is 1. The molecule has 1 aliphatic heterocycles. The summed E-state index contributed by atoms with van der Waals surface area (Å²) in [6.07, 6.45) is 1.22. The van der Waals surface area contributed by atoms with Crippen LogP contribution in [0.15, 0.2) is 84.1 Å². The Morgan fingerprint density at radius 2 is 1.50 bits per heavy atom. The summed E-state index contributed by atoms with van der Waals surface area (Å²) in [5.41, 5.74) is 7.58. The maximum atomic E-state index is 13.7. The van der Waals surface area contributed by atoms with Crippen LogP contribution in [0.5, 0.6) is 0 Å². The third-order valence-electron chi connectivity index (χ3n) is 7.22. The molecule has 0 bridgehead atoms. The van der Waals surface area contributed by atoms with Crippen LogP contribution in [0.3, 0.4) is 0 Å². The van der Waals surface area contributed by atoms with Gasteiger partial charge in [-0.15, -0.1) is 0 Å². The van der Waals surface area contributed by atoms with Crippen LogP contribution in [0.1, 0.15) is 72.6 Å². The van der Waals surface area contributed by atoms with E-state index in [9.17, 15) is 9.59 Å². The number of methoxy groups -OCH3 is 1. The fourth-order valence-corrected chi connectivity index (χ4v) is 5.16. The number of ether oxygens (including phenoxy) is 1. The van der Waals surface area contributed by atoms with E-state index < -0.39 is 0 Å². The third-order valence-corrected chi connectivity index (χ3v) is 7.22. The first-order chi connectivity index (χ1) is 17.2. The smallest absolute Gasteiger partial charge is 0.337 e. The Kier molecular flexibility index (Phi) is 6.17. The van der Waals surface area contributed by atoms with Crippen LogP contribution in [-0.2, 0) is 14.9 Å². The van der Waals surface area contributed by atoms with Crippen molar-refractivity contribution < 1.29 is 14.3 Å². The van der Waals surface area contributed by atoms with Crippen LogP contribution < -0.4 is 10.6 Å². The van der Waals surface area contributed by atoms with Gasteiger partial charge in [0, 0.05) is 17.7 Å². The highest BCUT2D eigenvalue weighted by molar-refractivity contribution is 6.01. The molecule has 3 aromatic rings. The first-order valence-electron chi connectivity index (χ1n) is 12.4. The molecule has 1 heterocycles. The van der Waals surface area contributed by atoms with Gasteiger partial charge in [-0.05, 0) is 58.7 Å². The van der Waals surface area contributed by atoms with Crippen LogP contribution in [-0.4, -0.2) is 18.9 Å². The Morgan fingerprint density at radius 3 is 2.14 bits per heavy atom. The fraction of sp³-hybridized carbons (Fsp3) is 0.290. The van der Waals surface area contributed by atoms with E-state index in [-0.39, 0.29) is 29.1 Å². The summed E-state index contributed by atoms with van der Waals surface area (Å²) in [7, 11) is 1.37. The zero-order chi connectivity index (χ0) is 25.4. The van der Waals surface area contributed by atoms with E-state index in [0.29, 0.717) is 12.0 Å². The van der Waals surface area contributed by atoms with Crippen molar-refractivity contribution in [2.75, 3.05) is 17.7 Å². The summed E-state index contributed by atoms with van der Waals surface area (Å²) >= 11 is 0.